The van der Waals surface area contributed by atoms with Crippen LogP contribution in [0.4, 0.5) is 5.95 Å². The highest BCUT2D eigenvalue weighted by Gasteiger charge is 2.09. The summed E-state index contributed by atoms with van der Waals surface area (Å²) in [5.41, 5.74) is 2.34. The van der Waals surface area contributed by atoms with Crippen LogP contribution in [0.5, 0.6) is 0 Å². The fourth-order valence-corrected chi connectivity index (χ4v) is 2.28. The SMILES string of the molecule is Cc1ccccc1Cn1cnc(NC(=O)Cn2cc(Cl)cn2)n1. The number of carbonyl (C=O) groups is 1. The number of aromatic nitrogens is 5. The van der Waals surface area contributed by atoms with Gasteiger partial charge in [0.05, 0.1) is 17.8 Å². The zero-order valence-electron chi connectivity index (χ0n) is 12.5. The Balaban J connectivity index is 1.61. The lowest BCUT2D eigenvalue weighted by atomic mass is 10.1. The average molecular weight is 331 g/mol. The van der Waals surface area contributed by atoms with Gasteiger partial charge < -0.3 is 0 Å². The first-order chi connectivity index (χ1) is 11.1. The Kier molecular flexibility index (Phi) is 4.38. The Labute approximate surface area is 137 Å². The molecule has 8 heteroatoms. The van der Waals surface area contributed by atoms with Crippen molar-refractivity contribution in [3.63, 3.8) is 0 Å². The first-order valence-electron chi connectivity index (χ1n) is 7.02. The minimum atomic E-state index is -0.265. The third kappa shape index (κ3) is 3.95. The van der Waals surface area contributed by atoms with Gasteiger partial charge in [-0.2, -0.15) is 5.10 Å². The zero-order chi connectivity index (χ0) is 16.2. The monoisotopic (exact) mass is 330 g/mol. The molecule has 3 rings (SSSR count). The molecule has 0 fully saturated rings. The predicted molar refractivity (Wildman–Crippen MR) is 86.2 cm³/mol. The normalized spacial score (nSPS) is 10.7. The van der Waals surface area contributed by atoms with E-state index in [1.807, 2.05) is 31.2 Å². The summed E-state index contributed by atoms with van der Waals surface area (Å²) in [4.78, 5) is 16.0. The predicted octanol–water partition coefficient (Wildman–Crippen LogP) is 2.12. The molecule has 0 spiro atoms. The molecule has 23 heavy (non-hydrogen) atoms. The van der Waals surface area contributed by atoms with Gasteiger partial charge in [0.15, 0.2) is 0 Å². The van der Waals surface area contributed by atoms with Gasteiger partial charge in [0.1, 0.15) is 12.9 Å². The largest absolute Gasteiger partial charge is 0.292 e. The van der Waals surface area contributed by atoms with Gasteiger partial charge in [-0.3, -0.25) is 14.8 Å². The van der Waals surface area contributed by atoms with Crippen molar-refractivity contribution in [1.29, 1.82) is 0 Å². The molecule has 0 radical (unpaired) electrons. The average Bonchev–Trinajstić information content (AvgIpc) is 3.11. The topological polar surface area (TPSA) is 77.6 Å². The summed E-state index contributed by atoms with van der Waals surface area (Å²) in [6, 6.07) is 8.06. The molecule has 7 nitrogen and oxygen atoms in total. The summed E-state index contributed by atoms with van der Waals surface area (Å²) in [6.07, 6.45) is 4.64. The van der Waals surface area contributed by atoms with E-state index in [9.17, 15) is 4.79 Å². The Morgan fingerprint density at radius 3 is 2.87 bits per heavy atom. The Morgan fingerprint density at radius 1 is 1.30 bits per heavy atom. The van der Waals surface area contributed by atoms with E-state index in [1.165, 1.54) is 16.4 Å². The van der Waals surface area contributed by atoms with Crippen LogP contribution in [0.25, 0.3) is 0 Å². The van der Waals surface area contributed by atoms with Gasteiger partial charge in [0.2, 0.25) is 11.9 Å². The van der Waals surface area contributed by atoms with Crippen LogP contribution in [0.1, 0.15) is 11.1 Å². The molecule has 0 aliphatic carbocycles. The standard InChI is InChI=1S/C15H15ClN6O/c1-11-4-2-3-5-12(11)7-22-10-17-15(20-22)19-14(23)9-21-8-13(16)6-18-21/h2-6,8,10H,7,9H2,1H3,(H,19,20,23). The van der Waals surface area contributed by atoms with Crippen molar-refractivity contribution in [1.82, 2.24) is 24.5 Å². The van der Waals surface area contributed by atoms with Gasteiger partial charge in [-0.15, -0.1) is 5.10 Å². The summed E-state index contributed by atoms with van der Waals surface area (Å²) in [5.74, 6) is 0.000227. The summed E-state index contributed by atoms with van der Waals surface area (Å²) < 4.78 is 3.13. The lowest BCUT2D eigenvalue weighted by Crippen LogP contribution is -2.20. The minimum absolute atomic E-state index is 0.0546. The van der Waals surface area contributed by atoms with E-state index < -0.39 is 0 Å². The molecule has 0 aliphatic rings. The van der Waals surface area contributed by atoms with E-state index >= 15 is 0 Å². The number of anilines is 1. The molecule has 1 aromatic carbocycles. The molecule has 2 heterocycles. The molecule has 0 bridgehead atoms. The van der Waals surface area contributed by atoms with Crippen LogP contribution in [-0.2, 0) is 17.9 Å². The van der Waals surface area contributed by atoms with Gasteiger partial charge in [0, 0.05) is 6.20 Å². The van der Waals surface area contributed by atoms with E-state index in [-0.39, 0.29) is 18.4 Å². The van der Waals surface area contributed by atoms with E-state index in [2.05, 4.69) is 20.5 Å². The van der Waals surface area contributed by atoms with Crippen molar-refractivity contribution >= 4 is 23.5 Å². The van der Waals surface area contributed by atoms with Crippen molar-refractivity contribution in [3.05, 3.63) is 59.1 Å². The number of rotatable bonds is 5. The van der Waals surface area contributed by atoms with E-state index in [0.717, 1.165) is 5.56 Å². The number of hydrogen-bond acceptors (Lipinski definition) is 4. The van der Waals surface area contributed by atoms with Crippen LogP contribution >= 0.6 is 11.6 Å². The molecule has 2 aromatic heterocycles. The van der Waals surface area contributed by atoms with Crippen LogP contribution in [0.2, 0.25) is 5.02 Å². The van der Waals surface area contributed by atoms with E-state index in [0.29, 0.717) is 11.6 Å². The second-order valence-corrected chi connectivity index (χ2v) is 5.53. The number of hydrogen-bond donors (Lipinski definition) is 1. The first-order valence-corrected chi connectivity index (χ1v) is 7.40. The van der Waals surface area contributed by atoms with Gasteiger partial charge >= 0.3 is 0 Å². The molecule has 0 unspecified atom stereocenters. The van der Waals surface area contributed by atoms with E-state index in [4.69, 9.17) is 11.6 Å². The van der Waals surface area contributed by atoms with Gasteiger partial charge in [-0.05, 0) is 18.1 Å². The first kappa shape index (κ1) is 15.2. The minimum Gasteiger partial charge on any atom is -0.292 e. The lowest BCUT2D eigenvalue weighted by Gasteiger charge is -2.04. The second kappa shape index (κ2) is 6.62. The number of halogens is 1. The Hall–Kier alpha value is -2.67. The lowest BCUT2D eigenvalue weighted by molar-refractivity contribution is -0.116. The number of nitrogens with zero attached hydrogens (tertiary/aromatic N) is 5. The molecule has 0 aliphatic heterocycles. The number of nitrogens with one attached hydrogen (secondary N) is 1. The maximum Gasteiger partial charge on any atom is 0.248 e. The second-order valence-electron chi connectivity index (χ2n) is 5.10. The number of amides is 1. The maximum absolute atomic E-state index is 11.9. The van der Waals surface area contributed by atoms with Gasteiger partial charge in [-0.1, -0.05) is 35.9 Å². The van der Waals surface area contributed by atoms with Crippen molar-refractivity contribution in [3.8, 4) is 0 Å². The number of carbonyl (C=O) groups excluding carboxylic acids is 1. The third-order valence-corrected chi connectivity index (χ3v) is 3.48. The summed E-state index contributed by atoms with van der Waals surface area (Å²) in [6.45, 7) is 2.70. The molecular weight excluding hydrogens is 316 g/mol. The van der Waals surface area contributed by atoms with Crippen LogP contribution in [-0.4, -0.2) is 30.5 Å². The molecule has 1 N–H and O–H groups in total. The molecule has 0 saturated carbocycles. The van der Waals surface area contributed by atoms with Crippen LogP contribution < -0.4 is 5.32 Å². The van der Waals surface area contributed by atoms with Crippen LogP contribution in [0.15, 0.2) is 43.0 Å². The molecule has 0 saturated heterocycles. The molecular formula is C15H15ClN6O. The summed E-state index contributed by atoms with van der Waals surface area (Å²) in [5, 5.41) is 11.3. The third-order valence-electron chi connectivity index (χ3n) is 3.29. The zero-order valence-corrected chi connectivity index (χ0v) is 13.2. The smallest absolute Gasteiger partial charge is 0.248 e. The highest BCUT2D eigenvalue weighted by Crippen LogP contribution is 2.09. The van der Waals surface area contributed by atoms with Crippen molar-refractivity contribution in [2.75, 3.05) is 5.32 Å². The molecule has 0 atom stereocenters. The molecule has 3 aromatic rings. The highest BCUT2D eigenvalue weighted by molar-refractivity contribution is 6.30. The van der Waals surface area contributed by atoms with E-state index in [1.54, 1.807) is 17.2 Å². The Morgan fingerprint density at radius 2 is 2.13 bits per heavy atom. The molecule has 118 valence electrons. The van der Waals surface area contributed by atoms with Gasteiger partial charge in [0.25, 0.3) is 0 Å². The quantitative estimate of drug-likeness (QED) is 0.777. The maximum atomic E-state index is 11.9. The van der Waals surface area contributed by atoms with Crippen molar-refractivity contribution in [2.45, 2.75) is 20.0 Å². The number of benzene rings is 1. The number of aryl methyl sites for hydroxylation is 1. The van der Waals surface area contributed by atoms with Crippen LogP contribution in [0, 0.1) is 6.92 Å². The van der Waals surface area contributed by atoms with Gasteiger partial charge in [-0.25, -0.2) is 9.67 Å². The van der Waals surface area contributed by atoms with Crippen molar-refractivity contribution in [2.24, 2.45) is 0 Å². The Bertz CT molecular complexity index is 825. The fourth-order valence-electron chi connectivity index (χ4n) is 2.13. The fraction of sp³-hybridized carbons (Fsp3) is 0.200. The highest BCUT2D eigenvalue weighted by atomic mass is 35.5. The summed E-state index contributed by atoms with van der Waals surface area (Å²) in [7, 11) is 0. The molecule has 1 amide bonds. The summed E-state index contributed by atoms with van der Waals surface area (Å²) >= 11 is 5.75. The van der Waals surface area contributed by atoms with Crippen LogP contribution in [0.3, 0.4) is 0 Å². The van der Waals surface area contributed by atoms with Crippen molar-refractivity contribution < 1.29 is 4.79 Å².